The zero-order valence-corrected chi connectivity index (χ0v) is 22.2. The lowest BCUT2D eigenvalue weighted by atomic mass is 10.0. The molecule has 2 amide bonds. The average Bonchev–Trinajstić information content (AvgIpc) is 2.86. The van der Waals surface area contributed by atoms with E-state index in [2.05, 4.69) is 5.32 Å². The van der Waals surface area contributed by atoms with E-state index in [1.165, 1.54) is 11.0 Å². The van der Waals surface area contributed by atoms with E-state index in [0.717, 1.165) is 16.2 Å². The van der Waals surface area contributed by atoms with E-state index in [-0.39, 0.29) is 30.8 Å². The van der Waals surface area contributed by atoms with Crippen molar-refractivity contribution in [2.24, 2.45) is 0 Å². The number of halogens is 2. The van der Waals surface area contributed by atoms with Crippen molar-refractivity contribution in [2.75, 3.05) is 5.75 Å². The molecule has 1 unspecified atom stereocenters. The zero-order valence-electron chi connectivity index (χ0n) is 20.6. The summed E-state index contributed by atoms with van der Waals surface area (Å²) in [5, 5.41) is 3.63. The van der Waals surface area contributed by atoms with Crippen molar-refractivity contribution in [3.8, 4) is 0 Å². The molecular weight excluding hydrogens is 495 g/mol. The van der Waals surface area contributed by atoms with Gasteiger partial charge < -0.3 is 10.2 Å². The predicted octanol–water partition coefficient (Wildman–Crippen LogP) is 6.52. The van der Waals surface area contributed by atoms with Gasteiger partial charge in [-0.25, -0.2) is 4.39 Å². The minimum absolute atomic E-state index is 0.0266. The molecule has 0 aliphatic heterocycles. The van der Waals surface area contributed by atoms with Gasteiger partial charge in [-0.1, -0.05) is 60.1 Å². The number of nitrogens with zero attached hydrogens (tertiary/aromatic N) is 1. The molecule has 0 saturated heterocycles. The molecule has 0 saturated carbocycles. The molecule has 3 aromatic carbocycles. The lowest BCUT2D eigenvalue weighted by molar-refractivity contribution is -0.141. The van der Waals surface area contributed by atoms with Crippen molar-refractivity contribution in [3.05, 3.63) is 101 Å². The summed E-state index contributed by atoms with van der Waals surface area (Å²) in [6.07, 6.45) is 1.23. The standard InChI is InChI=1S/C29H32ClFN2O2S/c1-21(2)32-29(35)27(19-22-9-4-3-5-10-22)33(20-23-11-6-7-12-26(23)31)28(34)13-8-18-36-25-16-14-24(30)15-17-25/h3-7,9-12,14-17,21,27H,8,13,18-20H2,1-2H3,(H,32,35). The summed E-state index contributed by atoms with van der Waals surface area (Å²) in [5.74, 6) is -0.0668. The molecule has 0 fully saturated rings. The van der Waals surface area contributed by atoms with Gasteiger partial charge in [0.25, 0.3) is 0 Å². The monoisotopic (exact) mass is 526 g/mol. The summed E-state index contributed by atoms with van der Waals surface area (Å²) in [6.45, 7) is 3.79. The molecule has 7 heteroatoms. The van der Waals surface area contributed by atoms with Crippen LogP contribution >= 0.6 is 23.4 Å². The SMILES string of the molecule is CC(C)NC(=O)C(Cc1ccccc1)N(Cc1ccccc1F)C(=O)CCCSc1ccc(Cl)cc1. The van der Waals surface area contributed by atoms with Crippen LogP contribution in [0.2, 0.25) is 5.02 Å². The van der Waals surface area contributed by atoms with Gasteiger partial charge in [-0.2, -0.15) is 0 Å². The Morgan fingerprint density at radius 1 is 0.972 bits per heavy atom. The maximum atomic E-state index is 14.6. The van der Waals surface area contributed by atoms with Crippen LogP contribution in [0.5, 0.6) is 0 Å². The quantitative estimate of drug-likeness (QED) is 0.216. The third-order valence-corrected chi connectivity index (χ3v) is 6.97. The van der Waals surface area contributed by atoms with Gasteiger partial charge in [0.05, 0.1) is 0 Å². The van der Waals surface area contributed by atoms with E-state index in [9.17, 15) is 14.0 Å². The van der Waals surface area contributed by atoms with Crippen molar-refractivity contribution >= 4 is 35.2 Å². The van der Waals surface area contributed by atoms with Crippen LogP contribution in [0.4, 0.5) is 4.39 Å². The number of rotatable bonds is 12. The molecule has 1 N–H and O–H groups in total. The van der Waals surface area contributed by atoms with Crippen LogP contribution in [0, 0.1) is 5.82 Å². The Kier molecular flexibility index (Phi) is 10.8. The molecule has 3 aromatic rings. The molecule has 0 spiro atoms. The van der Waals surface area contributed by atoms with Crippen LogP contribution in [0.25, 0.3) is 0 Å². The number of hydrogen-bond acceptors (Lipinski definition) is 3. The molecule has 190 valence electrons. The smallest absolute Gasteiger partial charge is 0.243 e. The maximum Gasteiger partial charge on any atom is 0.243 e. The highest BCUT2D eigenvalue weighted by molar-refractivity contribution is 7.99. The van der Waals surface area contributed by atoms with E-state index in [4.69, 9.17) is 11.6 Å². The first kappa shape index (κ1) is 27.8. The number of nitrogens with one attached hydrogen (secondary N) is 1. The summed E-state index contributed by atoms with van der Waals surface area (Å²) >= 11 is 7.60. The first-order valence-corrected chi connectivity index (χ1v) is 13.5. The molecule has 4 nitrogen and oxygen atoms in total. The van der Waals surface area contributed by atoms with E-state index in [0.29, 0.717) is 23.4 Å². The van der Waals surface area contributed by atoms with Gasteiger partial charge in [-0.3, -0.25) is 9.59 Å². The summed E-state index contributed by atoms with van der Waals surface area (Å²) in [5.41, 5.74) is 1.32. The second-order valence-corrected chi connectivity index (χ2v) is 10.5. The third kappa shape index (κ3) is 8.68. The predicted molar refractivity (Wildman–Crippen MR) is 146 cm³/mol. The Bertz CT molecular complexity index is 1130. The van der Waals surface area contributed by atoms with Crippen molar-refractivity contribution in [3.63, 3.8) is 0 Å². The number of carbonyl (C=O) groups is 2. The largest absolute Gasteiger partial charge is 0.352 e. The summed E-state index contributed by atoms with van der Waals surface area (Å²) < 4.78 is 14.6. The van der Waals surface area contributed by atoms with Crippen molar-refractivity contribution in [1.29, 1.82) is 0 Å². The van der Waals surface area contributed by atoms with Gasteiger partial charge in [0.15, 0.2) is 0 Å². The Labute approximate surface area is 222 Å². The fourth-order valence-electron chi connectivity index (χ4n) is 3.83. The minimum Gasteiger partial charge on any atom is -0.352 e. The van der Waals surface area contributed by atoms with Gasteiger partial charge in [-0.05, 0) is 61.9 Å². The fourth-order valence-corrected chi connectivity index (χ4v) is 4.81. The minimum atomic E-state index is -0.758. The fraction of sp³-hybridized carbons (Fsp3) is 0.310. The lowest BCUT2D eigenvalue weighted by Gasteiger charge is -2.32. The van der Waals surface area contributed by atoms with Crippen LogP contribution < -0.4 is 5.32 Å². The Morgan fingerprint density at radius 2 is 1.64 bits per heavy atom. The first-order chi connectivity index (χ1) is 17.3. The van der Waals surface area contributed by atoms with Crippen molar-refractivity contribution in [2.45, 2.75) is 56.6 Å². The molecule has 0 aromatic heterocycles. The molecule has 1 atom stereocenters. The Hall–Kier alpha value is -2.83. The van der Waals surface area contributed by atoms with E-state index >= 15 is 0 Å². The normalized spacial score (nSPS) is 11.8. The Balaban J connectivity index is 1.79. The van der Waals surface area contributed by atoms with Gasteiger partial charge in [0, 0.05) is 40.9 Å². The highest BCUT2D eigenvalue weighted by Gasteiger charge is 2.31. The van der Waals surface area contributed by atoms with E-state index in [1.54, 1.807) is 30.0 Å². The second-order valence-electron chi connectivity index (χ2n) is 8.89. The number of amides is 2. The van der Waals surface area contributed by atoms with Crippen LogP contribution in [0.15, 0.2) is 83.8 Å². The number of thioether (sulfide) groups is 1. The lowest BCUT2D eigenvalue weighted by Crippen LogP contribution is -2.51. The van der Waals surface area contributed by atoms with E-state index in [1.807, 2.05) is 68.4 Å². The van der Waals surface area contributed by atoms with Crippen LogP contribution in [0.1, 0.15) is 37.8 Å². The molecule has 36 heavy (non-hydrogen) atoms. The molecular formula is C29H32ClFN2O2S. The molecule has 0 aliphatic carbocycles. The summed E-state index contributed by atoms with van der Waals surface area (Å²) in [4.78, 5) is 29.5. The summed E-state index contributed by atoms with van der Waals surface area (Å²) in [7, 11) is 0. The van der Waals surface area contributed by atoms with Crippen molar-refractivity contribution in [1.82, 2.24) is 10.2 Å². The van der Waals surface area contributed by atoms with Crippen molar-refractivity contribution < 1.29 is 14.0 Å². The Morgan fingerprint density at radius 3 is 2.31 bits per heavy atom. The van der Waals surface area contributed by atoms with Gasteiger partial charge >= 0.3 is 0 Å². The molecule has 0 bridgehead atoms. The third-order valence-electron chi connectivity index (χ3n) is 5.62. The van der Waals surface area contributed by atoms with Gasteiger partial charge in [0.2, 0.25) is 11.8 Å². The number of hydrogen-bond donors (Lipinski definition) is 1. The summed E-state index contributed by atoms with van der Waals surface area (Å²) in [6, 6.07) is 22.7. The van der Waals surface area contributed by atoms with Crippen LogP contribution in [-0.2, 0) is 22.6 Å². The maximum absolute atomic E-state index is 14.6. The average molecular weight is 527 g/mol. The topological polar surface area (TPSA) is 49.4 Å². The highest BCUT2D eigenvalue weighted by Crippen LogP contribution is 2.23. The van der Waals surface area contributed by atoms with Gasteiger partial charge in [-0.15, -0.1) is 11.8 Å². The number of benzene rings is 3. The number of carbonyl (C=O) groups excluding carboxylic acids is 2. The second kappa shape index (κ2) is 14.0. The van der Waals surface area contributed by atoms with E-state index < -0.39 is 11.9 Å². The molecule has 0 radical (unpaired) electrons. The molecule has 0 aliphatic rings. The molecule has 0 heterocycles. The van der Waals surface area contributed by atoms with Gasteiger partial charge in [0.1, 0.15) is 11.9 Å². The molecule has 3 rings (SSSR count). The van der Waals surface area contributed by atoms with Crippen LogP contribution in [0.3, 0.4) is 0 Å². The zero-order chi connectivity index (χ0) is 25.9. The first-order valence-electron chi connectivity index (χ1n) is 12.1. The highest BCUT2D eigenvalue weighted by atomic mass is 35.5. The van der Waals surface area contributed by atoms with Crippen LogP contribution in [-0.4, -0.2) is 34.6 Å².